The molecular formula is C28H22Cl2FeN2S. The van der Waals surface area contributed by atoms with Crippen molar-refractivity contribution in [3.8, 4) is 0 Å². The van der Waals surface area contributed by atoms with Crippen LogP contribution < -0.4 is 0 Å². The normalized spacial score (nSPS) is 12.1. The van der Waals surface area contributed by atoms with Gasteiger partial charge in [-0.05, 0) is 71.8 Å². The number of halogens is 2. The Morgan fingerprint density at radius 1 is 0.588 bits per heavy atom. The molecule has 0 bridgehead atoms. The van der Waals surface area contributed by atoms with Gasteiger partial charge in [-0.1, -0.05) is 60.7 Å². The molecule has 0 aliphatic rings. The fourth-order valence-electron chi connectivity index (χ4n) is 3.72. The molecular weight excluding hydrogens is 523 g/mol. The van der Waals surface area contributed by atoms with E-state index in [0.29, 0.717) is 0 Å². The van der Waals surface area contributed by atoms with Crippen LogP contribution in [0.1, 0.15) is 23.6 Å². The van der Waals surface area contributed by atoms with E-state index >= 15 is 0 Å². The Morgan fingerprint density at radius 2 is 0.971 bits per heavy atom. The van der Waals surface area contributed by atoms with Crippen LogP contribution in [-0.4, -0.2) is 11.4 Å². The van der Waals surface area contributed by atoms with E-state index in [1.165, 1.54) is 21.5 Å². The van der Waals surface area contributed by atoms with Gasteiger partial charge >= 0.3 is 33.3 Å². The van der Waals surface area contributed by atoms with Gasteiger partial charge in [-0.15, -0.1) is 11.3 Å². The van der Waals surface area contributed by atoms with E-state index < -0.39 is 0 Å². The SMILES string of the molecule is CC(=Nc1ccc2ccccc2c1)c1ccc(C(C)=Nc2ccc3ccccc3c2)s1.[Cl][Fe][Cl]. The summed E-state index contributed by atoms with van der Waals surface area (Å²) in [7, 11) is 9.53. The Kier molecular flexibility index (Phi) is 8.55. The molecule has 0 aliphatic heterocycles. The zero-order chi connectivity index (χ0) is 23.9. The average Bonchev–Trinajstić information content (AvgIpc) is 3.35. The maximum atomic E-state index is 4.86. The van der Waals surface area contributed by atoms with Gasteiger partial charge in [0.25, 0.3) is 0 Å². The third-order valence-corrected chi connectivity index (χ3v) is 6.68. The van der Waals surface area contributed by atoms with Crippen LogP contribution in [0.2, 0.25) is 0 Å². The Labute approximate surface area is 218 Å². The zero-order valence-corrected chi connectivity index (χ0v) is 22.1. The van der Waals surface area contributed by atoms with E-state index in [0.717, 1.165) is 32.6 Å². The molecule has 0 aliphatic carbocycles. The molecule has 0 unspecified atom stereocenters. The summed E-state index contributed by atoms with van der Waals surface area (Å²) in [6, 6.07) is 33.7. The molecule has 34 heavy (non-hydrogen) atoms. The summed E-state index contributed by atoms with van der Waals surface area (Å²) < 4.78 is 0. The summed E-state index contributed by atoms with van der Waals surface area (Å²) >= 11 is 1.93. The Balaban J connectivity index is 0.000000868. The van der Waals surface area contributed by atoms with Gasteiger partial charge < -0.3 is 0 Å². The molecule has 6 heteroatoms. The van der Waals surface area contributed by atoms with E-state index in [2.05, 4.69) is 111 Å². The van der Waals surface area contributed by atoms with Crippen molar-refractivity contribution in [2.45, 2.75) is 13.8 Å². The molecule has 2 nitrogen and oxygen atoms in total. The molecule has 4 aromatic carbocycles. The number of fused-ring (bicyclic) bond motifs is 2. The number of aliphatic imine (C=N–C) groups is 2. The second-order valence-corrected chi connectivity index (χ2v) is 10.6. The number of thiophene rings is 1. The summed E-state index contributed by atoms with van der Waals surface area (Å²) in [5.74, 6) is 0. The second kappa shape index (κ2) is 11.8. The molecule has 0 fully saturated rings. The third kappa shape index (κ3) is 6.15. The van der Waals surface area contributed by atoms with Gasteiger partial charge in [0.1, 0.15) is 0 Å². The summed E-state index contributed by atoms with van der Waals surface area (Å²) in [5.41, 5.74) is 4.00. The third-order valence-electron chi connectivity index (χ3n) is 5.38. The first-order chi connectivity index (χ1) is 16.6. The molecule has 0 saturated carbocycles. The van der Waals surface area contributed by atoms with Crippen molar-refractivity contribution in [3.05, 3.63) is 107 Å². The summed E-state index contributed by atoms with van der Waals surface area (Å²) in [6.07, 6.45) is 0. The molecule has 172 valence electrons. The van der Waals surface area contributed by atoms with Gasteiger partial charge in [0.2, 0.25) is 0 Å². The molecule has 1 aromatic heterocycles. The first kappa shape index (κ1) is 24.7. The Bertz CT molecular complexity index is 1380. The quantitative estimate of drug-likeness (QED) is 0.159. The van der Waals surface area contributed by atoms with E-state index in [1.807, 2.05) is 0 Å². The topological polar surface area (TPSA) is 24.7 Å². The number of hydrogen-bond acceptors (Lipinski definition) is 3. The van der Waals surface area contributed by atoms with Crippen LogP contribution in [0.3, 0.4) is 0 Å². The monoisotopic (exact) mass is 544 g/mol. The van der Waals surface area contributed by atoms with Crippen LogP contribution in [-0.2, 0) is 13.1 Å². The predicted octanol–water partition coefficient (Wildman–Crippen LogP) is 9.71. The van der Waals surface area contributed by atoms with Gasteiger partial charge in [0.05, 0.1) is 22.8 Å². The van der Waals surface area contributed by atoms with Crippen LogP contribution in [0.4, 0.5) is 11.4 Å². The second-order valence-electron chi connectivity index (χ2n) is 7.67. The van der Waals surface area contributed by atoms with Gasteiger partial charge in [0, 0.05) is 9.75 Å². The van der Waals surface area contributed by atoms with Gasteiger partial charge in [-0.3, -0.25) is 9.98 Å². The van der Waals surface area contributed by atoms with Crippen molar-refractivity contribution in [3.63, 3.8) is 0 Å². The van der Waals surface area contributed by atoms with E-state index in [4.69, 9.17) is 30.2 Å². The first-order valence-electron chi connectivity index (χ1n) is 10.6. The summed E-state index contributed by atoms with van der Waals surface area (Å²) in [6.45, 7) is 4.14. The van der Waals surface area contributed by atoms with Crippen LogP contribution >= 0.6 is 31.5 Å². The number of benzene rings is 4. The van der Waals surface area contributed by atoms with Crippen LogP contribution in [0.5, 0.6) is 0 Å². The van der Waals surface area contributed by atoms with Crippen molar-refractivity contribution in [1.82, 2.24) is 0 Å². The molecule has 0 atom stereocenters. The van der Waals surface area contributed by atoms with E-state index in [9.17, 15) is 0 Å². The average molecular weight is 545 g/mol. The Morgan fingerprint density at radius 3 is 1.38 bits per heavy atom. The van der Waals surface area contributed by atoms with Gasteiger partial charge in [-0.25, -0.2) is 0 Å². The zero-order valence-electron chi connectivity index (χ0n) is 18.6. The molecule has 5 aromatic rings. The van der Waals surface area contributed by atoms with Gasteiger partial charge in [-0.2, -0.15) is 0 Å². The predicted molar refractivity (Wildman–Crippen MR) is 148 cm³/mol. The van der Waals surface area contributed by atoms with Crippen molar-refractivity contribution in [2.24, 2.45) is 9.98 Å². The van der Waals surface area contributed by atoms with Crippen LogP contribution in [0, 0.1) is 0 Å². The van der Waals surface area contributed by atoms with Crippen molar-refractivity contribution < 1.29 is 13.1 Å². The fourth-order valence-corrected chi connectivity index (χ4v) is 4.61. The van der Waals surface area contributed by atoms with Crippen molar-refractivity contribution in [1.29, 1.82) is 0 Å². The maximum absolute atomic E-state index is 4.86. The molecule has 1 heterocycles. The molecule has 0 N–H and O–H groups in total. The van der Waals surface area contributed by atoms with Crippen LogP contribution in [0.25, 0.3) is 21.5 Å². The minimum atomic E-state index is 0.194. The first-order valence-corrected chi connectivity index (χ1v) is 14.5. The van der Waals surface area contributed by atoms with Crippen molar-refractivity contribution >= 4 is 75.9 Å². The number of hydrogen-bond donors (Lipinski definition) is 0. The fraction of sp³-hybridized carbons (Fsp3) is 0.0714. The number of nitrogens with zero attached hydrogens (tertiary/aromatic N) is 2. The molecule has 5 rings (SSSR count). The van der Waals surface area contributed by atoms with Crippen molar-refractivity contribution in [2.75, 3.05) is 0 Å². The van der Waals surface area contributed by atoms with E-state index in [1.54, 1.807) is 11.3 Å². The minimum absolute atomic E-state index is 0.194. The molecule has 0 saturated heterocycles. The molecule has 0 radical (unpaired) electrons. The van der Waals surface area contributed by atoms with E-state index in [-0.39, 0.29) is 13.1 Å². The standard InChI is InChI=1S/C28H22N2S.2ClH.Fe/c1-19(29-25-13-11-21-7-3-5-9-23(21)17-25)27-15-16-28(31-27)20(2)30-26-14-12-22-8-4-6-10-24(22)18-26;;;/h3-18H,1-2H3;2*1H;/q;;;+2/p-2. The number of rotatable bonds is 4. The molecule has 0 amide bonds. The molecule has 0 spiro atoms. The summed E-state index contributed by atoms with van der Waals surface area (Å²) in [4.78, 5) is 12.0. The van der Waals surface area contributed by atoms with Crippen LogP contribution in [0.15, 0.2) is 107 Å². The van der Waals surface area contributed by atoms with Gasteiger partial charge in [0.15, 0.2) is 0 Å². The Hall–Kier alpha value is -2.46. The summed E-state index contributed by atoms with van der Waals surface area (Å²) in [5, 5.41) is 4.89.